The molecule has 1 saturated carbocycles. The van der Waals surface area contributed by atoms with Gasteiger partial charge in [0.15, 0.2) is 0 Å². The monoisotopic (exact) mass is 441 g/mol. The Morgan fingerprint density at radius 3 is 2.50 bits per heavy atom. The zero-order valence-corrected chi connectivity index (χ0v) is 18.9. The van der Waals surface area contributed by atoms with E-state index in [1.807, 2.05) is 0 Å². The Labute approximate surface area is 189 Å². The van der Waals surface area contributed by atoms with Gasteiger partial charge in [-0.25, -0.2) is 9.18 Å². The van der Waals surface area contributed by atoms with Crippen molar-refractivity contribution in [3.8, 4) is 5.75 Å². The summed E-state index contributed by atoms with van der Waals surface area (Å²) in [6.45, 7) is 4.53. The molecule has 0 radical (unpaired) electrons. The summed E-state index contributed by atoms with van der Waals surface area (Å²) in [6, 6.07) is 11.5. The van der Waals surface area contributed by atoms with Crippen LogP contribution in [-0.2, 0) is 14.9 Å². The van der Waals surface area contributed by atoms with Crippen molar-refractivity contribution in [1.82, 2.24) is 0 Å². The van der Waals surface area contributed by atoms with Crippen molar-refractivity contribution in [3.05, 3.63) is 59.4 Å². The molecule has 1 N–H and O–H groups in total. The van der Waals surface area contributed by atoms with E-state index in [1.54, 1.807) is 43.3 Å². The molecule has 1 amide bonds. The highest BCUT2D eigenvalue weighted by Crippen LogP contribution is 2.41. The largest absolute Gasteiger partial charge is 0.493 e. The lowest BCUT2D eigenvalue weighted by molar-refractivity contribution is -0.122. The van der Waals surface area contributed by atoms with Crippen LogP contribution >= 0.6 is 0 Å². The first kappa shape index (κ1) is 23.8. The lowest BCUT2D eigenvalue weighted by Crippen LogP contribution is -2.42. The van der Waals surface area contributed by atoms with Crippen LogP contribution in [0.4, 0.5) is 10.1 Å². The predicted octanol–water partition coefficient (Wildman–Crippen LogP) is 6.02. The van der Waals surface area contributed by atoms with Crippen molar-refractivity contribution >= 4 is 17.6 Å². The van der Waals surface area contributed by atoms with Gasteiger partial charge in [0.25, 0.3) is 0 Å². The molecule has 2 aromatic carbocycles. The van der Waals surface area contributed by atoms with Gasteiger partial charge in [-0.2, -0.15) is 0 Å². The zero-order chi connectivity index (χ0) is 23.0. The van der Waals surface area contributed by atoms with E-state index >= 15 is 0 Å². The molecule has 3 rings (SSSR count). The number of halogens is 1. The van der Waals surface area contributed by atoms with Gasteiger partial charge >= 0.3 is 5.97 Å². The molecule has 0 spiro atoms. The van der Waals surface area contributed by atoms with E-state index < -0.39 is 11.4 Å². The molecule has 1 aliphatic rings. The third-order valence-electron chi connectivity index (χ3n) is 6.02. The van der Waals surface area contributed by atoms with Crippen LogP contribution in [0.5, 0.6) is 5.75 Å². The van der Waals surface area contributed by atoms with Crippen LogP contribution in [0.25, 0.3) is 0 Å². The minimum Gasteiger partial charge on any atom is -0.493 e. The van der Waals surface area contributed by atoms with Gasteiger partial charge in [-0.05, 0) is 50.5 Å². The summed E-state index contributed by atoms with van der Waals surface area (Å²) >= 11 is 0. The summed E-state index contributed by atoms with van der Waals surface area (Å²) < 4.78 is 25.7. The van der Waals surface area contributed by atoms with E-state index in [9.17, 15) is 14.0 Å². The van der Waals surface area contributed by atoms with Crippen molar-refractivity contribution in [2.75, 3.05) is 18.5 Å². The van der Waals surface area contributed by atoms with Crippen LogP contribution in [0, 0.1) is 5.82 Å². The van der Waals surface area contributed by atoms with E-state index in [-0.39, 0.29) is 23.9 Å². The van der Waals surface area contributed by atoms with Gasteiger partial charge in [0.2, 0.25) is 5.91 Å². The molecule has 0 aromatic heterocycles. The number of carbonyl (C=O) groups excluding carboxylic acids is 2. The highest BCUT2D eigenvalue weighted by atomic mass is 19.1. The summed E-state index contributed by atoms with van der Waals surface area (Å²) in [5.74, 6) is -0.693. The fourth-order valence-corrected chi connectivity index (χ4v) is 4.30. The Kier molecular flexibility index (Phi) is 8.26. The first-order chi connectivity index (χ1) is 15.5. The first-order valence-electron chi connectivity index (χ1n) is 11.5. The molecule has 0 bridgehead atoms. The SMILES string of the molecule is CCCCOc1ccc(NC(=O)C2(c3ccccc3F)CCCCC2)cc1C(=O)OCC. The van der Waals surface area contributed by atoms with Gasteiger partial charge in [-0.1, -0.05) is 50.8 Å². The second-order valence-electron chi connectivity index (χ2n) is 8.21. The van der Waals surface area contributed by atoms with Crippen molar-refractivity contribution < 1.29 is 23.5 Å². The van der Waals surface area contributed by atoms with Crippen LogP contribution in [0.15, 0.2) is 42.5 Å². The van der Waals surface area contributed by atoms with Crippen molar-refractivity contribution in [3.63, 3.8) is 0 Å². The van der Waals surface area contributed by atoms with Gasteiger partial charge in [-0.15, -0.1) is 0 Å². The second-order valence-corrected chi connectivity index (χ2v) is 8.21. The number of anilines is 1. The molecule has 1 fully saturated rings. The van der Waals surface area contributed by atoms with Crippen LogP contribution in [0.1, 0.15) is 74.7 Å². The van der Waals surface area contributed by atoms with E-state index in [4.69, 9.17) is 9.47 Å². The van der Waals surface area contributed by atoms with E-state index in [0.29, 0.717) is 36.4 Å². The average molecular weight is 442 g/mol. The number of amides is 1. The van der Waals surface area contributed by atoms with Gasteiger partial charge in [0, 0.05) is 11.3 Å². The van der Waals surface area contributed by atoms with Gasteiger partial charge in [0.1, 0.15) is 17.1 Å². The third kappa shape index (κ3) is 5.29. The number of ether oxygens (including phenoxy) is 2. The smallest absolute Gasteiger partial charge is 0.341 e. The maximum atomic E-state index is 14.7. The maximum Gasteiger partial charge on any atom is 0.341 e. The second kappa shape index (κ2) is 11.1. The number of rotatable bonds is 9. The van der Waals surface area contributed by atoms with Crippen LogP contribution in [0.3, 0.4) is 0 Å². The molecule has 0 unspecified atom stereocenters. The van der Waals surface area contributed by atoms with Crippen molar-refractivity contribution in [2.45, 2.75) is 64.2 Å². The Hall–Kier alpha value is -2.89. The molecular weight excluding hydrogens is 409 g/mol. The lowest BCUT2D eigenvalue weighted by Gasteiger charge is -2.36. The zero-order valence-electron chi connectivity index (χ0n) is 18.9. The van der Waals surface area contributed by atoms with Crippen LogP contribution in [0.2, 0.25) is 0 Å². The van der Waals surface area contributed by atoms with Crippen LogP contribution < -0.4 is 10.1 Å². The molecule has 0 heterocycles. The van der Waals surface area contributed by atoms with Crippen molar-refractivity contribution in [2.24, 2.45) is 0 Å². The molecule has 2 aromatic rings. The Balaban J connectivity index is 1.90. The topological polar surface area (TPSA) is 64.6 Å². The Morgan fingerprint density at radius 1 is 1.06 bits per heavy atom. The number of benzene rings is 2. The molecular formula is C26H32FNO4. The highest BCUT2D eigenvalue weighted by Gasteiger charge is 2.42. The molecule has 32 heavy (non-hydrogen) atoms. The van der Waals surface area contributed by atoms with E-state index in [0.717, 1.165) is 32.1 Å². The first-order valence-corrected chi connectivity index (χ1v) is 11.5. The number of unbranched alkanes of at least 4 members (excludes halogenated alkanes) is 1. The molecule has 172 valence electrons. The summed E-state index contributed by atoms with van der Waals surface area (Å²) in [5.41, 5.74) is 0.234. The van der Waals surface area contributed by atoms with Gasteiger partial charge in [0.05, 0.1) is 18.6 Å². The summed E-state index contributed by atoms with van der Waals surface area (Å²) in [5, 5.41) is 2.94. The summed E-state index contributed by atoms with van der Waals surface area (Å²) in [4.78, 5) is 26.0. The summed E-state index contributed by atoms with van der Waals surface area (Å²) in [6.07, 6.45) is 5.76. The van der Waals surface area contributed by atoms with Gasteiger partial charge < -0.3 is 14.8 Å². The minimum atomic E-state index is -0.927. The number of carbonyl (C=O) groups is 2. The predicted molar refractivity (Wildman–Crippen MR) is 123 cm³/mol. The highest BCUT2D eigenvalue weighted by molar-refractivity contribution is 6.01. The molecule has 0 aliphatic heterocycles. The van der Waals surface area contributed by atoms with E-state index in [1.165, 1.54) is 6.07 Å². The van der Waals surface area contributed by atoms with Crippen molar-refractivity contribution in [1.29, 1.82) is 0 Å². The summed E-state index contributed by atoms with van der Waals surface area (Å²) in [7, 11) is 0. The Bertz CT molecular complexity index is 937. The fourth-order valence-electron chi connectivity index (χ4n) is 4.30. The molecule has 6 heteroatoms. The molecule has 1 aliphatic carbocycles. The number of nitrogens with one attached hydrogen (secondary N) is 1. The van der Waals surface area contributed by atoms with Crippen LogP contribution in [-0.4, -0.2) is 25.1 Å². The molecule has 5 nitrogen and oxygen atoms in total. The Morgan fingerprint density at radius 2 is 1.81 bits per heavy atom. The number of esters is 1. The fraction of sp³-hybridized carbons (Fsp3) is 0.462. The van der Waals surface area contributed by atoms with E-state index in [2.05, 4.69) is 12.2 Å². The molecule has 0 atom stereocenters. The third-order valence-corrected chi connectivity index (χ3v) is 6.02. The average Bonchev–Trinajstić information content (AvgIpc) is 2.81. The quantitative estimate of drug-likeness (QED) is 0.382. The minimum absolute atomic E-state index is 0.236. The molecule has 0 saturated heterocycles. The number of hydrogen-bond acceptors (Lipinski definition) is 4. The lowest BCUT2D eigenvalue weighted by atomic mass is 9.68. The van der Waals surface area contributed by atoms with Gasteiger partial charge in [-0.3, -0.25) is 4.79 Å². The maximum absolute atomic E-state index is 14.7. The number of hydrogen-bond donors (Lipinski definition) is 1. The normalized spacial score (nSPS) is 15.1. The standard InChI is InChI=1S/C26H32FNO4/c1-3-5-17-32-23-14-13-19(18-20(23)24(29)31-4-2)28-25(30)26(15-9-6-10-16-26)21-11-7-8-12-22(21)27/h7-8,11-14,18H,3-6,9-10,15-17H2,1-2H3,(H,28,30).